The Labute approximate surface area is 102 Å². The fourth-order valence-corrected chi connectivity index (χ4v) is 1.31. The predicted octanol–water partition coefficient (Wildman–Crippen LogP) is 3.01. The number of carbonyl (C=O) groups is 1. The van der Waals surface area contributed by atoms with Crippen molar-refractivity contribution in [2.24, 2.45) is 0 Å². The minimum Gasteiger partial charge on any atom is -0.491 e. The van der Waals surface area contributed by atoms with E-state index in [1.165, 1.54) is 0 Å². The normalized spacial score (nSPS) is 9.76. The Balaban J connectivity index is 2.59. The highest BCUT2D eigenvalue weighted by molar-refractivity contribution is 5.90. The zero-order chi connectivity index (χ0) is 12.5. The first kappa shape index (κ1) is 13.4. The number of ether oxygens (including phenoxy) is 1. The highest BCUT2D eigenvalue weighted by atomic mass is 16.5. The van der Waals surface area contributed by atoms with Gasteiger partial charge in [0.1, 0.15) is 5.75 Å². The maximum atomic E-state index is 11.5. The van der Waals surface area contributed by atoms with Gasteiger partial charge in [-0.2, -0.15) is 0 Å². The minimum absolute atomic E-state index is 0.195. The summed E-state index contributed by atoms with van der Waals surface area (Å²) in [5.41, 5.74) is 0.703. The van der Waals surface area contributed by atoms with Gasteiger partial charge in [-0.25, -0.2) is 4.79 Å². The average Bonchev–Trinajstić information content (AvgIpc) is 2.35. The third kappa shape index (κ3) is 4.76. The zero-order valence-corrected chi connectivity index (χ0v) is 10.5. The van der Waals surface area contributed by atoms with E-state index in [-0.39, 0.29) is 6.03 Å². The summed E-state index contributed by atoms with van der Waals surface area (Å²) >= 11 is 0. The van der Waals surface area contributed by atoms with Crippen molar-refractivity contribution >= 4 is 11.7 Å². The average molecular weight is 236 g/mol. The van der Waals surface area contributed by atoms with Crippen LogP contribution in [0.5, 0.6) is 5.75 Å². The fraction of sp³-hybridized carbons (Fsp3) is 0.462. The monoisotopic (exact) mass is 236 g/mol. The lowest BCUT2D eigenvalue weighted by Crippen LogP contribution is -2.29. The summed E-state index contributed by atoms with van der Waals surface area (Å²) in [6.45, 7) is 5.38. The molecule has 1 rings (SSSR count). The molecule has 0 aromatic heterocycles. The molecule has 0 bridgehead atoms. The Morgan fingerprint density at radius 2 is 2.00 bits per heavy atom. The van der Waals surface area contributed by atoms with E-state index < -0.39 is 0 Å². The van der Waals surface area contributed by atoms with Crippen LogP contribution in [-0.2, 0) is 0 Å². The largest absolute Gasteiger partial charge is 0.491 e. The molecule has 2 amide bonds. The van der Waals surface area contributed by atoms with Crippen molar-refractivity contribution in [2.45, 2.75) is 26.7 Å². The van der Waals surface area contributed by atoms with Gasteiger partial charge in [-0.15, -0.1) is 0 Å². The van der Waals surface area contributed by atoms with E-state index in [1.807, 2.05) is 38.1 Å². The van der Waals surface area contributed by atoms with Gasteiger partial charge in [-0.1, -0.05) is 26.0 Å². The van der Waals surface area contributed by atoms with Gasteiger partial charge >= 0.3 is 6.03 Å². The quantitative estimate of drug-likeness (QED) is 0.797. The van der Waals surface area contributed by atoms with E-state index in [4.69, 9.17) is 4.74 Å². The Morgan fingerprint density at radius 3 is 2.71 bits per heavy atom. The molecular formula is C13H20N2O2. The first-order chi connectivity index (χ1) is 8.27. The lowest BCUT2D eigenvalue weighted by molar-refractivity contribution is 0.252. The number of amides is 2. The number of para-hydroxylation sites is 2. The van der Waals surface area contributed by atoms with Gasteiger partial charge in [-0.3, -0.25) is 0 Å². The summed E-state index contributed by atoms with van der Waals surface area (Å²) < 4.78 is 5.55. The summed E-state index contributed by atoms with van der Waals surface area (Å²) in [6.07, 6.45) is 1.86. The number of urea groups is 1. The van der Waals surface area contributed by atoms with E-state index in [1.54, 1.807) is 0 Å². The van der Waals surface area contributed by atoms with Gasteiger partial charge < -0.3 is 15.4 Å². The molecule has 0 spiro atoms. The number of hydrogen-bond acceptors (Lipinski definition) is 2. The minimum atomic E-state index is -0.195. The maximum Gasteiger partial charge on any atom is 0.319 e. The standard InChI is InChI=1S/C13H20N2O2/c1-3-9-14-13(16)15-11-7-5-6-8-12(11)17-10-4-2/h5-8H,3-4,9-10H2,1-2H3,(H2,14,15,16). The second kappa shape index (κ2) is 7.54. The van der Waals surface area contributed by atoms with Crippen molar-refractivity contribution in [1.29, 1.82) is 0 Å². The van der Waals surface area contributed by atoms with E-state index in [0.29, 0.717) is 24.6 Å². The summed E-state index contributed by atoms with van der Waals surface area (Å²) in [6, 6.07) is 7.25. The lowest BCUT2D eigenvalue weighted by Gasteiger charge is -2.12. The molecule has 17 heavy (non-hydrogen) atoms. The number of hydrogen-bond donors (Lipinski definition) is 2. The van der Waals surface area contributed by atoms with E-state index in [2.05, 4.69) is 10.6 Å². The Hall–Kier alpha value is -1.71. The number of rotatable bonds is 6. The Morgan fingerprint density at radius 1 is 1.24 bits per heavy atom. The van der Waals surface area contributed by atoms with Crippen LogP contribution < -0.4 is 15.4 Å². The molecule has 0 atom stereocenters. The van der Waals surface area contributed by atoms with Crippen LogP contribution in [0.4, 0.5) is 10.5 Å². The molecule has 0 radical (unpaired) electrons. The molecule has 0 saturated heterocycles. The topological polar surface area (TPSA) is 50.4 Å². The molecule has 2 N–H and O–H groups in total. The van der Waals surface area contributed by atoms with Gasteiger partial charge in [0.15, 0.2) is 0 Å². The van der Waals surface area contributed by atoms with Crippen molar-refractivity contribution in [1.82, 2.24) is 5.32 Å². The molecular weight excluding hydrogens is 216 g/mol. The number of nitrogens with one attached hydrogen (secondary N) is 2. The van der Waals surface area contributed by atoms with Gasteiger partial charge in [0.2, 0.25) is 0 Å². The highest BCUT2D eigenvalue weighted by Crippen LogP contribution is 2.23. The Kier molecular flexibility index (Phi) is 5.93. The van der Waals surface area contributed by atoms with Gasteiger partial charge in [-0.05, 0) is 25.0 Å². The van der Waals surface area contributed by atoms with Crippen molar-refractivity contribution < 1.29 is 9.53 Å². The first-order valence-corrected chi connectivity index (χ1v) is 6.04. The molecule has 0 aliphatic carbocycles. The molecule has 1 aromatic carbocycles. The van der Waals surface area contributed by atoms with Crippen LogP contribution in [0.1, 0.15) is 26.7 Å². The second-order valence-electron chi connectivity index (χ2n) is 3.73. The van der Waals surface area contributed by atoms with E-state index >= 15 is 0 Å². The lowest BCUT2D eigenvalue weighted by atomic mass is 10.3. The SMILES string of the molecule is CCCNC(=O)Nc1ccccc1OCCC. The van der Waals surface area contributed by atoms with Crippen molar-refractivity contribution in [3.63, 3.8) is 0 Å². The first-order valence-electron chi connectivity index (χ1n) is 6.04. The molecule has 0 saturated carbocycles. The molecule has 0 aliphatic rings. The molecule has 0 aliphatic heterocycles. The van der Waals surface area contributed by atoms with Gasteiger partial charge in [0, 0.05) is 6.54 Å². The second-order valence-corrected chi connectivity index (χ2v) is 3.73. The van der Waals surface area contributed by atoms with Crippen LogP contribution in [0, 0.1) is 0 Å². The predicted molar refractivity (Wildman–Crippen MR) is 69.5 cm³/mol. The molecule has 94 valence electrons. The molecule has 4 nitrogen and oxygen atoms in total. The summed E-state index contributed by atoms with van der Waals surface area (Å²) in [5.74, 6) is 0.709. The Bertz CT molecular complexity index is 353. The number of benzene rings is 1. The van der Waals surface area contributed by atoms with Crippen LogP contribution in [0.3, 0.4) is 0 Å². The van der Waals surface area contributed by atoms with Crippen LogP contribution in [0.2, 0.25) is 0 Å². The van der Waals surface area contributed by atoms with Crippen molar-refractivity contribution in [3.8, 4) is 5.75 Å². The van der Waals surface area contributed by atoms with Gasteiger partial charge in [0.05, 0.1) is 12.3 Å². The van der Waals surface area contributed by atoms with Crippen molar-refractivity contribution in [2.75, 3.05) is 18.5 Å². The van der Waals surface area contributed by atoms with Crippen molar-refractivity contribution in [3.05, 3.63) is 24.3 Å². The molecule has 0 fully saturated rings. The molecule has 4 heteroatoms. The highest BCUT2D eigenvalue weighted by Gasteiger charge is 2.05. The zero-order valence-electron chi connectivity index (χ0n) is 10.5. The van der Waals surface area contributed by atoms with Gasteiger partial charge in [0.25, 0.3) is 0 Å². The summed E-state index contributed by atoms with van der Waals surface area (Å²) in [5, 5.41) is 5.54. The number of anilines is 1. The van der Waals surface area contributed by atoms with Crippen LogP contribution >= 0.6 is 0 Å². The molecule has 1 aromatic rings. The van der Waals surface area contributed by atoms with Crippen LogP contribution in [0.25, 0.3) is 0 Å². The molecule has 0 unspecified atom stereocenters. The van der Waals surface area contributed by atoms with E-state index in [9.17, 15) is 4.79 Å². The number of carbonyl (C=O) groups excluding carboxylic acids is 1. The maximum absolute atomic E-state index is 11.5. The third-order valence-corrected chi connectivity index (χ3v) is 2.13. The molecule has 0 heterocycles. The fourth-order valence-electron chi connectivity index (χ4n) is 1.31. The smallest absolute Gasteiger partial charge is 0.319 e. The summed E-state index contributed by atoms with van der Waals surface area (Å²) in [7, 11) is 0. The summed E-state index contributed by atoms with van der Waals surface area (Å²) in [4.78, 5) is 11.5. The van der Waals surface area contributed by atoms with Crippen LogP contribution in [0.15, 0.2) is 24.3 Å². The van der Waals surface area contributed by atoms with Crippen LogP contribution in [-0.4, -0.2) is 19.2 Å². The third-order valence-electron chi connectivity index (χ3n) is 2.13. The van der Waals surface area contributed by atoms with E-state index in [0.717, 1.165) is 12.8 Å².